The molecule has 10 rings (SSSR count). The van der Waals surface area contributed by atoms with E-state index in [4.69, 9.17) is 0 Å². The molecule has 0 aliphatic carbocycles. The smallest absolute Gasteiger partial charge is 1.00 e. The molecule has 0 unspecified atom stereocenters. The Kier molecular flexibility index (Phi) is 22.2. The van der Waals surface area contributed by atoms with Crippen molar-refractivity contribution in [2.24, 2.45) is 0 Å². The van der Waals surface area contributed by atoms with Gasteiger partial charge < -0.3 is 4.70 Å². The molecule has 73 heavy (non-hydrogen) atoms. The Hall–Kier alpha value is -5.57. The summed E-state index contributed by atoms with van der Waals surface area (Å²) in [5.41, 5.74) is 5.36. The molecule has 0 nitrogen and oxygen atoms in total. The molecule has 0 saturated carbocycles. The molecule has 0 aliphatic heterocycles. The first kappa shape index (κ1) is 55.2. The number of hydrogen-bond acceptors (Lipinski definition) is 0. The first-order valence-electron chi connectivity index (χ1n) is 25.0. The Balaban J connectivity index is 0.000000244. The molecule has 0 amide bonds. The van der Waals surface area contributed by atoms with Gasteiger partial charge in [0.1, 0.15) is 6.15 Å². The average molecular weight is 1060 g/mol. The molecule has 0 aliphatic rings. The maximum absolute atomic E-state index is 2.36. The van der Waals surface area contributed by atoms with Gasteiger partial charge in [0.2, 0.25) is 0 Å². The fourth-order valence-corrected chi connectivity index (χ4v) is 22.2. The van der Waals surface area contributed by atoms with Crippen LogP contribution >= 0.6 is 31.7 Å². The van der Waals surface area contributed by atoms with Gasteiger partial charge in [0.05, 0.1) is 0 Å². The Morgan fingerprint density at radius 1 is 0.205 bits per heavy atom. The minimum absolute atomic E-state index is 0. The van der Waals surface area contributed by atoms with Crippen LogP contribution in [0, 0.1) is 0 Å². The summed E-state index contributed by atoms with van der Waals surface area (Å²) in [6, 6.07) is 111. The monoisotopic (exact) mass is 1060 g/mol. The Bertz CT molecular complexity index is 2540. The molecule has 0 fully saturated rings. The molecular weight excluding hydrogens is 1000 g/mol. The zero-order valence-corrected chi connectivity index (χ0v) is 45.9. The van der Waals surface area contributed by atoms with Crippen molar-refractivity contribution in [2.45, 2.75) is 0 Å². The summed E-state index contributed by atoms with van der Waals surface area (Å²) >= 11 is 0. The predicted octanol–water partition coefficient (Wildman–Crippen LogP) is 8.93. The molecule has 10 aromatic rings. The van der Waals surface area contributed by atoms with Gasteiger partial charge in [-0.1, -0.05) is 303 Å². The van der Waals surface area contributed by atoms with Crippen molar-refractivity contribution in [3.8, 4) is 0 Å². The van der Waals surface area contributed by atoms with Crippen molar-refractivity contribution >= 4 is 91.5 Å². The number of halogens is 1. The van der Waals surface area contributed by atoms with Crippen LogP contribution in [0.3, 0.4) is 0 Å². The summed E-state index contributed by atoms with van der Waals surface area (Å²) in [5, 5.41) is 9.03. The van der Waals surface area contributed by atoms with Gasteiger partial charge in [-0.05, 0) is 92.6 Å². The number of benzene rings is 10. The SMILES string of the molecule is [F-].[Fe+2].c1ccc(P(CCP(CCP(c2ccccc2)c2ccccc2)CCP(c2ccccc2)c2ccccc2)c2ccccc2)cc1.c1ccc([B-](c2ccccc2)(c2ccccc2)c2ccccc2)cc1. The van der Waals surface area contributed by atoms with Crippen LogP contribution in [0.2, 0.25) is 0 Å². The summed E-state index contributed by atoms with van der Waals surface area (Å²) in [4.78, 5) is 0. The van der Waals surface area contributed by atoms with E-state index in [1.807, 2.05) is 0 Å². The van der Waals surface area contributed by atoms with Gasteiger partial charge in [0.25, 0.3) is 0 Å². The van der Waals surface area contributed by atoms with Gasteiger partial charge in [-0.2, -0.15) is 21.9 Å². The average Bonchev–Trinajstić information content (AvgIpc) is 3.46. The van der Waals surface area contributed by atoms with Gasteiger partial charge in [-0.15, -0.1) is 7.92 Å². The Morgan fingerprint density at radius 2 is 0.356 bits per heavy atom. The van der Waals surface area contributed by atoms with Gasteiger partial charge >= 0.3 is 17.1 Å². The van der Waals surface area contributed by atoms with Crippen LogP contribution in [-0.4, -0.2) is 43.1 Å². The number of rotatable bonds is 19. The fourth-order valence-electron chi connectivity index (χ4n) is 10.1. The summed E-state index contributed by atoms with van der Waals surface area (Å²) in [6.07, 6.45) is 6.54. The zero-order valence-electron chi connectivity index (χ0n) is 41.2. The predicted molar refractivity (Wildman–Crippen MR) is 323 cm³/mol. The molecule has 0 N–H and O–H groups in total. The van der Waals surface area contributed by atoms with Gasteiger partial charge in [0, 0.05) is 0 Å². The summed E-state index contributed by atoms with van der Waals surface area (Å²) in [6.45, 7) is 0. The van der Waals surface area contributed by atoms with E-state index < -0.39 is 6.15 Å². The third-order valence-corrected chi connectivity index (χ3v) is 24.7. The van der Waals surface area contributed by atoms with Crippen LogP contribution in [0.5, 0.6) is 0 Å². The summed E-state index contributed by atoms with van der Waals surface area (Å²) < 4.78 is 0. The summed E-state index contributed by atoms with van der Waals surface area (Å²) in [5.74, 6) is 0. The van der Waals surface area contributed by atoms with Crippen LogP contribution in [0.25, 0.3) is 0 Å². The van der Waals surface area contributed by atoms with Gasteiger partial charge in [-0.25, -0.2) is 0 Å². The largest absolute Gasteiger partial charge is 2.00 e. The van der Waals surface area contributed by atoms with Crippen molar-refractivity contribution in [1.29, 1.82) is 0 Å². The summed E-state index contributed by atoms with van der Waals surface area (Å²) in [7, 11) is -1.30. The van der Waals surface area contributed by atoms with Crippen molar-refractivity contribution in [3.05, 3.63) is 303 Å². The van der Waals surface area contributed by atoms with Crippen molar-refractivity contribution in [3.63, 3.8) is 0 Å². The maximum Gasteiger partial charge on any atom is 2.00 e. The van der Waals surface area contributed by atoms with Crippen molar-refractivity contribution in [1.82, 2.24) is 0 Å². The van der Waals surface area contributed by atoms with Crippen LogP contribution in [-0.2, 0) is 17.1 Å². The third-order valence-electron chi connectivity index (χ3n) is 13.5. The second-order valence-electron chi connectivity index (χ2n) is 17.8. The maximum atomic E-state index is 2.36. The van der Waals surface area contributed by atoms with Crippen molar-refractivity contribution < 1.29 is 21.8 Å². The second kappa shape index (κ2) is 29.4. The standard InChI is InChI=1S/C42H42P4.C24H20B.FH.Fe/c1-7-19-37(20-8-1)44(38-21-9-2-10-22-38)34-31-43(32-35-45(39-23-11-3-12-24-39)40-25-13-4-14-26-40)33-36-46(41-27-15-5-16-28-41)42-29-17-6-18-30-42;1-5-13-21(14-6-1)25(22-15-7-2-8-16-22,23-17-9-3-10-18-23)24-19-11-4-12-20-24;;/h1-30H,31-36H2;1-20H;1H;/q;-1;;+2/p-1. The molecular formula is C66H62BFFeP4. The van der Waals surface area contributed by atoms with Crippen LogP contribution in [0.4, 0.5) is 0 Å². The van der Waals surface area contributed by atoms with E-state index in [2.05, 4.69) is 303 Å². The molecule has 0 atom stereocenters. The minimum atomic E-state index is -1.22. The normalized spacial score (nSPS) is 11.1. The first-order valence-corrected chi connectivity index (χ1v) is 31.5. The first-order chi connectivity index (χ1) is 35.3. The molecule has 0 aromatic heterocycles. The van der Waals surface area contributed by atoms with Gasteiger partial charge in [-0.3, -0.25) is 0 Å². The Labute approximate surface area is 450 Å². The second-order valence-corrected chi connectivity index (χ2v) is 27.5. The van der Waals surface area contributed by atoms with E-state index in [1.54, 1.807) is 0 Å². The van der Waals surface area contributed by atoms with E-state index in [0.29, 0.717) is 0 Å². The quantitative estimate of drug-likeness (QED) is 0.0561. The Morgan fingerprint density at radius 3 is 0.521 bits per heavy atom. The van der Waals surface area contributed by atoms with E-state index in [0.717, 1.165) is 0 Å². The molecule has 0 heterocycles. The molecule has 364 valence electrons. The zero-order chi connectivity index (χ0) is 48.2. The topological polar surface area (TPSA) is 0 Å². The molecule has 0 saturated heterocycles. The van der Waals surface area contributed by atoms with E-state index in [1.165, 1.54) is 90.6 Å². The molecule has 0 bridgehead atoms. The van der Waals surface area contributed by atoms with E-state index >= 15 is 0 Å². The van der Waals surface area contributed by atoms with Crippen LogP contribution < -0.4 is 58.4 Å². The van der Waals surface area contributed by atoms with Crippen LogP contribution in [0.1, 0.15) is 0 Å². The van der Waals surface area contributed by atoms with E-state index in [9.17, 15) is 0 Å². The van der Waals surface area contributed by atoms with E-state index in [-0.39, 0.29) is 53.5 Å². The third kappa shape index (κ3) is 14.6. The minimum Gasteiger partial charge on any atom is -1.00 e. The van der Waals surface area contributed by atoms with Gasteiger partial charge in [0.15, 0.2) is 0 Å². The fraction of sp³-hybridized carbons (Fsp3) is 0.0909. The molecule has 7 heteroatoms. The molecule has 0 spiro atoms. The van der Waals surface area contributed by atoms with Crippen LogP contribution in [0.15, 0.2) is 303 Å². The van der Waals surface area contributed by atoms with Crippen molar-refractivity contribution in [2.75, 3.05) is 37.0 Å². The number of hydrogen-bond donors (Lipinski definition) is 0. The molecule has 0 radical (unpaired) electrons. The molecule has 10 aromatic carbocycles.